The predicted molar refractivity (Wildman–Crippen MR) is 54.8 cm³/mol. The second-order valence-corrected chi connectivity index (χ2v) is 3.87. The van der Waals surface area contributed by atoms with Gasteiger partial charge in [0.25, 0.3) is 0 Å². The minimum absolute atomic E-state index is 0.226. The number of ether oxygens (including phenoxy) is 1. The number of rotatable bonds is 5. The van der Waals surface area contributed by atoms with Crippen LogP contribution in [0.25, 0.3) is 0 Å². The number of carbonyl (C=O) groups excluding carboxylic acids is 1. The molecule has 1 amide bonds. The smallest absolute Gasteiger partial charge is 0.223 e. The van der Waals surface area contributed by atoms with Crippen molar-refractivity contribution in [3.63, 3.8) is 0 Å². The van der Waals surface area contributed by atoms with Crippen molar-refractivity contribution in [1.29, 1.82) is 0 Å². The van der Waals surface area contributed by atoms with Crippen molar-refractivity contribution < 1.29 is 9.53 Å². The Labute approximate surface area is 85.4 Å². The molecular weight excluding hydrogens is 180 g/mol. The molecule has 2 unspecified atom stereocenters. The lowest BCUT2D eigenvalue weighted by Gasteiger charge is -2.26. The summed E-state index contributed by atoms with van der Waals surface area (Å²) in [6.07, 6.45) is 1.55. The SMILES string of the molecule is CCC(COC)N1CC(CN)CC1=O. The minimum Gasteiger partial charge on any atom is -0.383 e. The number of nitrogens with zero attached hydrogens (tertiary/aromatic N) is 1. The second-order valence-electron chi connectivity index (χ2n) is 3.87. The summed E-state index contributed by atoms with van der Waals surface area (Å²) in [4.78, 5) is 13.6. The summed E-state index contributed by atoms with van der Waals surface area (Å²) in [6.45, 7) is 4.11. The van der Waals surface area contributed by atoms with Crippen LogP contribution >= 0.6 is 0 Å². The quantitative estimate of drug-likeness (QED) is 0.690. The molecule has 0 aromatic heterocycles. The number of hydrogen-bond acceptors (Lipinski definition) is 3. The summed E-state index contributed by atoms with van der Waals surface area (Å²) >= 11 is 0. The molecule has 1 rings (SSSR count). The zero-order valence-electron chi connectivity index (χ0n) is 9.03. The van der Waals surface area contributed by atoms with Crippen molar-refractivity contribution in [2.45, 2.75) is 25.8 Å². The maximum atomic E-state index is 11.6. The van der Waals surface area contributed by atoms with Crippen LogP contribution in [0.5, 0.6) is 0 Å². The molecule has 0 aromatic carbocycles. The van der Waals surface area contributed by atoms with E-state index in [0.717, 1.165) is 13.0 Å². The van der Waals surface area contributed by atoms with Crippen LogP contribution < -0.4 is 5.73 Å². The first-order valence-electron chi connectivity index (χ1n) is 5.21. The molecule has 4 nitrogen and oxygen atoms in total. The van der Waals surface area contributed by atoms with Gasteiger partial charge in [0.15, 0.2) is 0 Å². The van der Waals surface area contributed by atoms with Gasteiger partial charge in [-0.25, -0.2) is 0 Å². The molecule has 1 heterocycles. The van der Waals surface area contributed by atoms with Crippen molar-refractivity contribution in [2.24, 2.45) is 11.7 Å². The van der Waals surface area contributed by atoms with E-state index in [9.17, 15) is 4.79 Å². The minimum atomic E-state index is 0.226. The largest absolute Gasteiger partial charge is 0.383 e. The Morgan fingerprint density at radius 3 is 2.86 bits per heavy atom. The fraction of sp³-hybridized carbons (Fsp3) is 0.900. The van der Waals surface area contributed by atoms with E-state index < -0.39 is 0 Å². The van der Waals surface area contributed by atoms with Crippen molar-refractivity contribution in [2.75, 3.05) is 26.8 Å². The Bertz CT molecular complexity index is 197. The maximum absolute atomic E-state index is 11.6. The molecule has 0 saturated carbocycles. The molecule has 0 radical (unpaired) electrons. The third-order valence-electron chi connectivity index (χ3n) is 2.84. The number of methoxy groups -OCH3 is 1. The molecular formula is C10H20N2O2. The van der Waals surface area contributed by atoms with Gasteiger partial charge >= 0.3 is 0 Å². The van der Waals surface area contributed by atoms with Gasteiger partial charge in [0.05, 0.1) is 12.6 Å². The molecule has 82 valence electrons. The number of hydrogen-bond donors (Lipinski definition) is 1. The van der Waals surface area contributed by atoms with Crippen LogP contribution in [0, 0.1) is 5.92 Å². The normalized spacial score (nSPS) is 24.4. The number of carbonyl (C=O) groups is 1. The van der Waals surface area contributed by atoms with Crippen LogP contribution in [-0.4, -0.2) is 43.7 Å². The number of amides is 1. The van der Waals surface area contributed by atoms with Gasteiger partial charge in [-0.1, -0.05) is 6.92 Å². The number of likely N-dealkylation sites (tertiary alicyclic amines) is 1. The molecule has 1 aliphatic heterocycles. The highest BCUT2D eigenvalue weighted by Gasteiger charge is 2.32. The van der Waals surface area contributed by atoms with E-state index in [1.165, 1.54) is 0 Å². The van der Waals surface area contributed by atoms with Crippen molar-refractivity contribution in [1.82, 2.24) is 4.90 Å². The van der Waals surface area contributed by atoms with E-state index in [-0.39, 0.29) is 11.9 Å². The van der Waals surface area contributed by atoms with E-state index in [0.29, 0.717) is 25.5 Å². The Hall–Kier alpha value is -0.610. The van der Waals surface area contributed by atoms with Gasteiger partial charge in [0.2, 0.25) is 5.91 Å². The van der Waals surface area contributed by atoms with Gasteiger partial charge in [0.1, 0.15) is 0 Å². The maximum Gasteiger partial charge on any atom is 0.223 e. The first-order chi connectivity index (χ1) is 6.72. The van der Waals surface area contributed by atoms with Crippen molar-refractivity contribution in [3.05, 3.63) is 0 Å². The Morgan fingerprint density at radius 2 is 2.43 bits per heavy atom. The molecule has 1 aliphatic rings. The van der Waals surface area contributed by atoms with Gasteiger partial charge in [0, 0.05) is 20.1 Å². The first-order valence-corrected chi connectivity index (χ1v) is 5.21. The van der Waals surface area contributed by atoms with E-state index in [1.807, 2.05) is 4.90 Å². The molecule has 0 aliphatic carbocycles. The lowest BCUT2D eigenvalue weighted by molar-refractivity contribution is -0.130. The summed E-state index contributed by atoms with van der Waals surface area (Å²) in [7, 11) is 1.67. The van der Waals surface area contributed by atoms with E-state index in [4.69, 9.17) is 10.5 Å². The molecule has 1 saturated heterocycles. The topological polar surface area (TPSA) is 55.6 Å². The Balaban J connectivity index is 2.53. The molecule has 4 heteroatoms. The van der Waals surface area contributed by atoms with Crippen LogP contribution in [-0.2, 0) is 9.53 Å². The third-order valence-corrected chi connectivity index (χ3v) is 2.84. The summed E-state index contributed by atoms with van der Waals surface area (Å²) in [6, 6.07) is 0.226. The fourth-order valence-corrected chi connectivity index (χ4v) is 1.94. The third kappa shape index (κ3) is 2.45. The van der Waals surface area contributed by atoms with Crippen LogP contribution in [0.3, 0.4) is 0 Å². The van der Waals surface area contributed by atoms with Gasteiger partial charge in [-0.05, 0) is 18.9 Å². The molecule has 14 heavy (non-hydrogen) atoms. The molecule has 0 spiro atoms. The lowest BCUT2D eigenvalue weighted by Crippen LogP contribution is -2.39. The monoisotopic (exact) mass is 200 g/mol. The molecule has 2 N–H and O–H groups in total. The van der Waals surface area contributed by atoms with E-state index >= 15 is 0 Å². The predicted octanol–water partition coefficient (Wildman–Crippen LogP) is 0.219. The molecule has 2 atom stereocenters. The summed E-state index contributed by atoms with van der Waals surface area (Å²) < 4.78 is 5.10. The summed E-state index contributed by atoms with van der Waals surface area (Å²) in [5.74, 6) is 0.567. The highest BCUT2D eigenvalue weighted by Crippen LogP contribution is 2.20. The first kappa shape index (κ1) is 11.5. The lowest BCUT2D eigenvalue weighted by atomic mass is 10.1. The highest BCUT2D eigenvalue weighted by molar-refractivity contribution is 5.79. The van der Waals surface area contributed by atoms with Crippen LogP contribution in [0.4, 0.5) is 0 Å². The van der Waals surface area contributed by atoms with Crippen LogP contribution in [0.1, 0.15) is 19.8 Å². The van der Waals surface area contributed by atoms with E-state index in [2.05, 4.69) is 6.92 Å². The molecule has 1 fully saturated rings. The van der Waals surface area contributed by atoms with Crippen molar-refractivity contribution in [3.8, 4) is 0 Å². The van der Waals surface area contributed by atoms with Gasteiger partial charge in [-0.3, -0.25) is 4.79 Å². The average molecular weight is 200 g/mol. The fourth-order valence-electron chi connectivity index (χ4n) is 1.94. The zero-order chi connectivity index (χ0) is 10.6. The van der Waals surface area contributed by atoms with Gasteiger partial charge < -0.3 is 15.4 Å². The number of nitrogens with two attached hydrogens (primary N) is 1. The Morgan fingerprint density at radius 1 is 1.71 bits per heavy atom. The molecule has 0 bridgehead atoms. The average Bonchev–Trinajstić information content (AvgIpc) is 2.56. The molecule has 0 aromatic rings. The Kier molecular flexibility index (Phi) is 4.35. The van der Waals surface area contributed by atoms with Crippen LogP contribution in [0.2, 0.25) is 0 Å². The summed E-state index contributed by atoms with van der Waals surface area (Å²) in [5, 5.41) is 0. The van der Waals surface area contributed by atoms with Crippen LogP contribution in [0.15, 0.2) is 0 Å². The standard InChI is InChI=1S/C10H20N2O2/c1-3-9(7-14-2)12-6-8(5-11)4-10(12)13/h8-9H,3-7,11H2,1-2H3. The highest BCUT2D eigenvalue weighted by atomic mass is 16.5. The second kappa shape index (κ2) is 5.32. The summed E-state index contributed by atoms with van der Waals surface area (Å²) in [5.41, 5.74) is 5.56. The van der Waals surface area contributed by atoms with Crippen molar-refractivity contribution >= 4 is 5.91 Å². The van der Waals surface area contributed by atoms with Gasteiger partial charge in [-0.15, -0.1) is 0 Å². The zero-order valence-corrected chi connectivity index (χ0v) is 9.03. The van der Waals surface area contributed by atoms with Gasteiger partial charge in [-0.2, -0.15) is 0 Å². The van der Waals surface area contributed by atoms with E-state index in [1.54, 1.807) is 7.11 Å².